The number of H-pyrrole nitrogens is 1. The van der Waals surface area contributed by atoms with E-state index in [0.717, 1.165) is 35.8 Å². The van der Waals surface area contributed by atoms with E-state index in [2.05, 4.69) is 34.2 Å². The number of nitrogens with zero attached hydrogens (tertiary/aromatic N) is 1. The molecule has 0 saturated heterocycles. The highest BCUT2D eigenvalue weighted by Crippen LogP contribution is 2.38. The molecule has 0 amide bonds. The normalized spacial score (nSPS) is 17.4. The molecule has 0 atom stereocenters. The van der Waals surface area contributed by atoms with Gasteiger partial charge in [-0.15, -0.1) is 0 Å². The van der Waals surface area contributed by atoms with Crippen LogP contribution in [0.1, 0.15) is 18.4 Å². The second kappa shape index (κ2) is 3.33. The minimum atomic E-state index is -0.433. The highest BCUT2D eigenvalue weighted by atomic mass is 16.3. The highest BCUT2D eigenvalue weighted by molar-refractivity contribution is 6.05. The van der Waals surface area contributed by atoms with Gasteiger partial charge in [0.2, 0.25) is 0 Å². The van der Waals surface area contributed by atoms with E-state index < -0.39 is 5.60 Å². The standard InChI is InChI=1S/C15H14N2O/c18-15(5-6-15)9-10-3-4-13-12(8-10)11-2-1-7-16-14(11)17-13/h1-4,7-8,18H,5-6,9H2,(H,16,17). The topological polar surface area (TPSA) is 48.9 Å². The molecule has 18 heavy (non-hydrogen) atoms. The molecule has 0 aliphatic heterocycles. The van der Waals surface area contributed by atoms with Crippen LogP contribution in [0.25, 0.3) is 21.9 Å². The predicted molar refractivity (Wildman–Crippen MR) is 71.5 cm³/mol. The van der Waals surface area contributed by atoms with E-state index in [9.17, 15) is 5.11 Å². The van der Waals surface area contributed by atoms with E-state index in [1.165, 1.54) is 10.9 Å². The summed E-state index contributed by atoms with van der Waals surface area (Å²) in [6.45, 7) is 0. The Balaban J connectivity index is 1.89. The van der Waals surface area contributed by atoms with Crippen molar-refractivity contribution in [1.29, 1.82) is 0 Å². The van der Waals surface area contributed by atoms with Crippen molar-refractivity contribution in [2.24, 2.45) is 0 Å². The third-order valence-corrected chi connectivity index (χ3v) is 3.80. The Morgan fingerprint density at radius 3 is 2.94 bits per heavy atom. The number of nitrogens with one attached hydrogen (secondary N) is 1. The van der Waals surface area contributed by atoms with Crippen LogP contribution in [0, 0.1) is 0 Å². The zero-order valence-corrected chi connectivity index (χ0v) is 9.98. The lowest BCUT2D eigenvalue weighted by molar-refractivity contribution is 0.151. The first-order valence-electron chi connectivity index (χ1n) is 6.31. The Hall–Kier alpha value is -1.87. The van der Waals surface area contributed by atoms with Crippen molar-refractivity contribution in [2.75, 3.05) is 0 Å². The molecule has 1 saturated carbocycles. The fraction of sp³-hybridized carbons (Fsp3) is 0.267. The van der Waals surface area contributed by atoms with E-state index in [-0.39, 0.29) is 0 Å². The molecule has 1 aromatic carbocycles. The Kier molecular flexibility index (Phi) is 1.87. The minimum absolute atomic E-state index is 0.433. The minimum Gasteiger partial charge on any atom is -0.390 e. The molecule has 3 aromatic rings. The first-order valence-corrected chi connectivity index (χ1v) is 6.31. The first-order chi connectivity index (χ1) is 8.73. The Morgan fingerprint density at radius 2 is 2.11 bits per heavy atom. The summed E-state index contributed by atoms with van der Waals surface area (Å²) in [6.07, 6.45) is 4.42. The number of hydrogen-bond donors (Lipinski definition) is 2. The largest absolute Gasteiger partial charge is 0.390 e. The fourth-order valence-corrected chi connectivity index (χ4v) is 2.58. The van der Waals surface area contributed by atoms with Gasteiger partial charge < -0.3 is 10.1 Å². The molecule has 0 bridgehead atoms. The molecule has 0 radical (unpaired) electrons. The Morgan fingerprint density at radius 1 is 1.22 bits per heavy atom. The molecule has 0 unspecified atom stereocenters. The predicted octanol–water partition coefficient (Wildman–Crippen LogP) is 2.78. The van der Waals surface area contributed by atoms with Crippen LogP contribution in [0.3, 0.4) is 0 Å². The van der Waals surface area contributed by atoms with Crippen molar-refractivity contribution in [1.82, 2.24) is 9.97 Å². The van der Waals surface area contributed by atoms with Crippen LogP contribution in [0.2, 0.25) is 0 Å². The average molecular weight is 238 g/mol. The van der Waals surface area contributed by atoms with Gasteiger partial charge >= 0.3 is 0 Å². The SMILES string of the molecule is OC1(Cc2ccc3[nH]c4ncccc4c3c2)CC1. The van der Waals surface area contributed by atoms with Gasteiger partial charge in [0.05, 0.1) is 5.60 Å². The van der Waals surface area contributed by atoms with Gasteiger partial charge in [-0.3, -0.25) is 0 Å². The third kappa shape index (κ3) is 1.51. The second-order valence-electron chi connectivity index (χ2n) is 5.31. The van der Waals surface area contributed by atoms with Crippen molar-refractivity contribution in [3.63, 3.8) is 0 Å². The molecule has 2 heterocycles. The molecule has 3 heteroatoms. The molecule has 4 rings (SSSR count). The summed E-state index contributed by atoms with van der Waals surface area (Å²) < 4.78 is 0. The van der Waals surface area contributed by atoms with Gasteiger partial charge in [-0.05, 0) is 42.7 Å². The van der Waals surface area contributed by atoms with Crippen LogP contribution in [0.4, 0.5) is 0 Å². The molecular weight excluding hydrogens is 224 g/mol. The number of aromatic nitrogens is 2. The molecule has 2 N–H and O–H groups in total. The number of pyridine rings is 1. The molecular formula is C15H14N2O. The Bertz CT molecular complexity index is 740. The average Bonchev–Trinajstić information content (AvgIpc) is 2.98. The quantitative estimate of drug-likeness (QED) is 0.721. The summed E-state index contributed by atoms with van der Waals surface area (Å²) in [5.74, 6) is 0. The third-order valence-electron chi connectivity index (χ3n) is 3.80. The summed E-state index contributed by atoms with van der Waals surface area (Å²) >= 11 is 0. The zero-order valence-electron chi connectivity index (χ0n) is 9.98. The first kappa shape index (κ1) is 10.1. The van der Waals surface area contributed by atoms with Gasteiger partial charge in [-0.1, -0.05) is 6.07 Å². The number of hydrogen-bond acceptors (Lipinski definition) is 2. The van der Waals surface area contributed by atoms with Crippen molar-refractivity contribution < 1.29 is 5.11 Å². The number of rotatable bonds is 2. The summed E-state index contributed by atoms with van der Waals surface area (Å²) in [5, 5.41) is 12.3. The molecule has 2 aromatic heterocycles. The Labute approximate surface area is 104 Å². The molecule has 90 valence electrons. The number of fused-ring (bicyclic) bond motifs is 3. The maximum absolute atomic E-state index is 10.00. The van der Waals surface area contributed by atoms with Crippen molar-refractivity contribution in [3.8, 4) is 0 Å². The zero-order chi connectivity index (χ0) is 12.2. The van der Waals surface area contributed by atoms with E-state index >= 15 is 0 Å². The smallest absolute Gasteiger partial charge is 0.138 e. The van der Waals surface area contributed by atoms with Crippen LogP contribution >= 0.6 is 0 Å². The van der Waals surface area contributed by atoms with Gasteiger partial charge in [-0.2, -0.15) is 0 Å². The van der Waals surface area contributed by atoms with E-state index in [1.807, 2.05) is 6.07 Å². The van der Waals surface area contributed by atoms with Crippen molar-refractivity contribution >= 4 is 21.9 Å². The van der Waals surface area contributed by atoms with Crippen LogP contribution < -0.4 is 0 Å². The van der Waals surface area contributed by atoms with Crippen LogP contribution in [-0.4, -0.2) is 20.7 Å². The van der Waals surface area contributed by atoms with Gasteiger partial charge in [0.15, 0.2) is 0 Å². The lowest BCUT2D eigenvalue weighted by Gasteiger charge is -2.07. The highest BCUT2D eigenvalue weighted by Gasteiger charge is 2.40. The van der Waals surface area contributed by atoms with Gasteiger partial charge in [0.1, 0.15) is 5.65 Å². The fourth-order valence-electron chi connectivity index (χ4n) is 2.58. The number of aromatic amines is 1. The molecule has 0 spiro atoms. The molecule has 1 fully saturated rings. The maximum Gasteiger partial charge on any atom is 0.138 e. The van der Waals surface area contributed by atoms with Gasteiger partial charge in [-0.25, -0.2) is 4.98 Å². The van der Waals surface area contributed by atoms with Crippen LogP contribution in [0.5, 0.6) is 0 Å². The maximum atomic E-state index is 10.00. The second-order valence-corrected chi connectivity index (χ2v) is 5.31. The van der Waals surface area contributed by atoms with Crippen molar-refractivity contribution in [3.05, 3.63) is 42.1 Å². The van der Waals surface area contributed by atoms with Crippen LogP contribution in [-0.2, 0) is 6.42 Å². The van der Waals surface area contributed by atoms with E-state index in [0.29, 0.717) is 0 Å². The summed E-state index contributed by atoms with van der Waals surface area (Å²) in [5.41, 5.74) is 2.80. The molecule has 1 aliphatic rings. The van der Waals surface area contributed by atoms with Gasteiger partial charge in [0.25, 0.3) is 0 Å². The van der Waals surface area contributed by atoms with E-state index in [1.54, 1.807) is 6.20 Å². The molecule has 3 nitrogen and oxygen atoms in total. The summed E-state index contributed by atoms with van der Waals surface area (Å²) in [4.78, 5) is 7.64. The van der Waals surface area contributed by atoms with E-state index in [4.69, 9.17) is 0 Å². The monoisotopic (exact) mass is 238 g/mol. The lowest BCUT2D eigenvalue weighted by Crippen LogP contribution is -2.10. The van der Waals surface area contributed by atoms with Crippen LogP contribution in [0.15, 0.2) is 36.5 Å². The summed E-state index contributed by atoms with van der Waals surface area (Å²) in [6, 6.07) is 10.4. The van der Waals surface area contributed by atoms with Crippen molar-refractivity contribution in [2.45, 2.75) is 24.9 Å². The number of aliphatic hydroxyl groups is 1. The van der Waals surface area contributed by atoms with Gasteiger partial charge in [0, 0.05) is 28.9 Å². The lowest BCUT2D eigenvalue weighted by atomic mass is 10.0. The summed E-state index contributed by atoms with van der Waals surface area (Å²) in [7, 11) is 0. The molecule has 1 aliphatic carbocycles. The number of benzene rings is 1.